The van der Waals surface area contributed by atoms with Crippen LogP contribution in [0.2, 0.25) is 0 Å². The number of nitrogens with zero attached hydrogens (tertiary/aromatic N) is 1. The third-order valence-electron chi connectivity index (χ3n) is 3.23. The summed E-state index contributed by atoms with van der Waals surface area (Å²) in [5.74, 6) is 0.625. The molecule has 104 valence electrons. The first-order valence-corrected chi connectivity index (χ1v) is 6.60. The van der Waals surface area contributed by atoms with Crippen molar-refractivity contribution in [2.75, 3.05) is 6.54 Å². The van der Waals surface area contributed by atoms with E-state index in [1.807, 2.05) is 5.38 Å². The van der Waals surface area contributed by atoms with Gasteiger partial charge >= 0.3 is 0 Å². The third kappa shape index (κ3) is 4.39. The van der Waals surface area contributed by atoms with E-state index >= 15 is 0 Å². The molecule has 18 heavy (non-hydrogen) atoms. The standard InChI is InChI=1S/C11H17N3OS.2ClH/c12-4-8-2-1-3-10(8)11(15)13-5-9-6-16-7-14-9;;/h6-8,10H,1-5,12H2,(H,13,15);2*1H/t8-,10-;;/m1../s1. The van der Waals surface area contributed by atoms with Gasteiger partial charge in [0.25, 0.3) is 0 Å². The van der Waals surface area contributed by atoms with E-state index in [1.165, 1.54) is 0 Å². The number of rotatable bonds is 4. The van der Waals surface area contributed by atoms with Gasteiger partial charge in [-0.2, -0.15) is 0 Å². The van der Waals surface area contributed by atoms with Crippen LogP contribution in [0.1, 0.15) is 25.0 Å². The first-order chi connectivity index (χ1) is 7.81. The zero-order valence-electron chi connectivity index (χ0n) is 10.0. The van der Waals surface area contributed by atoms with Crippen LogP contribution in [0.5, 0.6) is 0 Å². The molecule has 1 fully saturated rings. The lowest BCUT2D eigenvalue weighted by Crippen LogP contribution is -2.34. The maximum atomic E-state index is 11.9. The molecule has 3 N–H and O–H groups in total. The van der Waals surface area contributed by atoms with Crippen molar-refractivity contribution >= 4 is 42.1 Å². The Hall–Kier alpha value is -0.360. The number of hydrogen-bond donors (Lipinski definition) is 2. The molecule has 0 bridgehead atoms. The Morgan fingerprint density at radius 3 is 2.89 bits per heavy atom. The summed E-state index contributed by atoms with van der Waals surface area (Å²) in [5.41, 5.74) is 8.37. The smallest absolute Gasteiger partial charge is 0.223 e. The fourth-order valence-electron chi connectivity index (χ4n) is 2.30. The van der Waals surface area contributed by atoms with E-state index in [-0.39, 0.29) is 36.6 Å². The Bertz CT molecular complexity index is 348. The third-order valence-corrected chi connectivity index (χ3v) is 3.86. The predicted molar refractivity (Wildman–Crippen MR) is 78.3 cm³/mol. The SMILES string of the molecule is Cl.Cl.NC[C@H]1CCC[C@H]1C(=O)NCc1cscn1. The monoisotopic (exact) mass is 311 g/mol. The average Bonchev–Trinajstić information content (AvgIpc) is 2.96. The van der Waals surface area contributed by atoms with Crippen LogP contribution in [0, 0.1) is 11.8 Å². The minimum atomic E-state index is 0. The lowest BCUT2D eigenvalue weighted by atomic mass is 9.95. The van der Waals surface area contributed by atoms with Crippen LogP contribution >= 0.6 is 36.2 Å². The highest BCUT2D eigenvalue weighted by molar-refractivity contribution is 7.07. The fourth-order valence-corrected chi connectivity index (χ4v) is 2.86. The van der Waals surface area contributed by atoms with Gasteiger partial charge < -0.3 is 11.1 Å². The summed E-state index contributed by atoms with van der Waals surface area (Å²) in [6.07, 6.45) is 3.19. The molecular formula is C11H19Cl2N3OS. The van der Waals surface area contributed by atoms with E-state index in [2.05, 4.69) is 10.3 Å². The molecule has 4 nitrogen and oxygen atoms in total. The van der Waals surface area contributed by atoms with Gasteiger partial charge in [-0.15, -0.1) is 36.2 Å². The Morgan fingerprint density at radius 1 is 1.50 bits per heavy atom. The van der Waals surface area contributed by atoms with Crippen molar-refractivity contribution in [3.63, 3.8) is 0 Å². The lowest BCUT2D eigenvalue weighted by molar-refractivity contribution is -0.126. The molecule has 0 spiro atoms. The number of amides is 1. The van der Waals surface area contributed by atoms with Gasteiger partial charge in [-0.1, -0.05) is 6.42 Å². The number of hydrogen-bond acceptors (Lipinski definition) is 4. The Labute approximate surface area is 124 Å². The number of thiazole rings is 1. The number of aromatic nitrogens is 1. The molecule has 1 aromatic rings. The van der Waals surface area contributed by atoms with Gasteiger partial charge in [0.05, 0.1) is 17.7 Å². The Balaban J connectivity index is 0.00000144. The molecule has 1 aliphatic carbocycles. The molecule has 0 unspecified atom stereocenters. The van der Waals surface area contributed by atoms with Crippen molar-refractivity contribution in [2.24, 2.45) is 17.6 Å². The molecule has 2 rings (SSSR count). The summed E-state index contributed by atoms with van der Waals surface area (Å²) in [6.45, 7) is 1.16. The zero-order chi connectivity index (χ0) is 11.4. The highest BCUT2D eigenvalue weighted by atomic mass is 35.5. The van der Waals surface area contributed by atoms with Crippen molar-refractivity contribution in [3.05, 3.63) is 16.6 Å². The predicted octanol–water partition coefficient (Wildman–Crippen LogP) is 1.98. The van der Waals surface area contributed by atoms with Crippen LogP contribution in [0.3, 0.4) is 0 Å². The van der Waals surface area contributed by atoms with Gasteiger partial charge in [-0.05, 0) is 25.3 Å². The van der Waals surface area contributed by atoms with Gasteiger partial charge in [0.1, 0.15) is 0 Å². The summed E-state index contributed by atoms with van der Waals surface area (Å²) >= 11 is 1.55. The van der Waals surface area contributed by atoms with Crippen molar-refractivity contribution in [1.29, 1.82) is 0 Å². The second-order valence-electron chi connectivity index (χ2n) is 4.23. The maximum absolute atomic E-state index is 11.9. The summed E-state index contributed by atoms with van der Waals surface area (Å²) in [6, 6.07) is 0. The summed E-state index contributed by atoms with van der Waals surface area (Å²) in [4.78, 5) is 16.1. The lowest BCUT2D eigenvalue weighted by Gasteiger charge is -2.16. The highest BCUT2D eigenvalue weighted by Crippen LogP contribution is 2.30. The quantitative estimate of drug-likeness (QED) is 0.893. The minimum absolute atomic E-state index is 0. The van der Waals surface area contributed by atoms with Crippen LogP contribution in [0.4, 0.5) is 0 Å². The maximum Gasteiger partial charge on any atom is 0.223 e. The van der Waals surface area contributed by atoms with E-state index < -0.39 is 0 Å². The average molecular weight is 312 g/mol. The first-order valence-electron chi connectivity index (χ1n) is 5.66. The molecule has 0 radical (unpaired) electrons. The molecular weight excluding hydrogens is 293 g/mol. The van der Waals surface area contributed by atoms with Crippen molar-refractivity contribution < 1.29 is 4.79 Å². The van der Waals surface area contributed by atoms with Crippen LogP contribution in [-0.2, 0) is 11.3 Å². The van der Waals surface area contributed by atoms with Crippen molar-refractivity contribution in [1.82, 2.24) is 10.3 Å². The van der Waals surface area contributed by atoms with E-state index in [0.29, 0.717) is 19.0 Å². The Morgan fingerprint density at radius 2 is 2.28 bits per heavy atom. The molecule has 1 saturated carbocycles. The fraction of sp³-hybridized carbons (Fsp3) is 0.636. The molecule has 0 aliphatic heterocycles. The van der Waals surface area contributed by atoms with Crippen LogP contribution in [0.25, 0.3) is 0 Å². The van der Waals surface area contributed by atoms with Gasteiger partial charge in [0.2, 0.25) is 5.91 Å². The summed E-state index contributed by atoms with van der Waals surface area (Å²) < 4.78 is 0. The topological polar surface area (TPSA) is 68.0 Å². The molecule has 1 amide bonds. The van der Waals surface area contributed by atoms with E-state index in [1.54, 1.807) is 16.8 Å². The highest BCUT2D eigenvalue weighted by Gasteiger charge is 2.31. The summed E-state index contributed by atoms with van der Waals surface area (Å²) in [7, 11) is 0. The summed E-state index contributed by atoms with van der Waals surface area (Å²) in [5, 5.41) is 4.89. The van der Waals surface area contributed by atoms with Crippen LogP contribution < -0.4 is 11.1 Å². The molecule has 1 aliphatic rings. The first kappa shape index (κ1) is 17.6. The van der Waals surface area contributed by atoms with Gasteiger partial charge in [-0.3, -0.25) is 4.79 Å². The van der Waals surface area contributed by atoms with Crippen molar-refractivity contribution in [2.45, 2.75) is 25.8 Å². The number of nitrogens with one attached hydrogen (secondary N) is 1. The van der Waals surface area contributed by atoms with Gasteiger partial charge in [0, 0.05) is 11.3 Å². The number of carbonyl (C=O) groups excluding carboxylic acids is 1. The van der Waals surface area contributed by atoms with Crippen LogP contribution in [-0.4, -0.2) is 17.4 Å². The van der Waals surface area contributed by atoms with E-state index in [0.717, 1.165) is 25.0 Å². The van der Waals surface area contributed by atoms with Gasteiger partial charge in [-0.25, -0.2) is 4.98 Å². The number of halogens is 2. The number of nitrogens with two attached hydrogens (primary N) is 1. The molecule has 1 heterocycles. The largest absolute Gasteiger partial charge is 0.350 e. The molecule has 1 aromatic heterocycles. The normalized spacial score (nSPS) is 21.8. The van der Waals surface area contributed by atoms with E-state index in [9.17, 15) is 4.79 Å². The second kappa shape index (κ2) is 8.69. The molecule has 2 atom stereocenters. The minimum Gasteiger partial charge on any atom is -0.350 e. The van der Waals surface area contributed by atoms with Crippen molar-refractivity contribution in [3.8, 4) is 0 Å². The second-order valence-corrected chi connectivity index (χ2v) is 4.95. The van der Waals surface area contributed by atoms with Crippen LogP contribution in [0.15, 0.2) is 10.9 Å². The van der Waals surface area contributed by atoms with Gasteiger partial charge in [0.15, 0.2) is 0 Å². The number of carbonyl (C=O) groups is 1. The zero-order valence-corrected chi connectivity index (χ0v) is 12.5. The Kier molecular flexibility index (Phi) is 8.52. The van der Waals surface area contributed by atoms with E-state index in [4.69, 9.17) is 5.73 Å². The molecule has 0 saturated heterocycles. The molecule has 0 aromatic carbocycles. The molecule has 7 heteroatoms.